The quantitative estimate of drug-likeness (QED) is 0.297. The molecule has 0 radical (unpaired) electrons. The lowest BCUT2D eigenvalue weighted by atomic mass is 10.0. The van der Waals surface area contributed by atoms with Crippen LogP contribution in [0.5, 0.6) is 5.75 Å². The van der Waals surface area contributed by atoms with Gasteiger partial charge in [-0.2, -0.15) is 5.10 Å². The molecule has 0 amide bonds. The number of nitrogens with zero attached hydrogens (tertiary/aromatic N) is 4. The number of hydrogen-bond donors (Lipinski definition) is 1. The first-order valence-electron chi connectivity index (χ1n) is 9.37. The number of halogens is 1. The summed E-state index contributed by atoms with van der Waals surface area (Å²) < 4.78 is 7.73. The largest absolute Gasteiger partial charge is 0.491 e. The minimum Gasteiger partial charge on any atom is -0.491 e. The van der Waals surface area contributed by atoms with Crippen LogP contribution in [0.2, 0.25) is 0 Å². The molecule has 0 aliphatic carbocycles. The van der Waals surface area contributed by atoms with Crippen LogP contribution >= 0.6 is 24.0 Å². The summed E-state index contributed by atoms with van der Waals surface area (Å²) in [5, 5.41) is 7.71. The number of likely N-dealkylation sites (tertiary alicyclic amines) is 1. The average molecular weight is 483 g/mol. The van der Waals surface area contributed by atoms with Gasteiger partial charge in [-0.25, -0.2) is 4.99 Å². The second kappa shape index (κ2) is 10.5. The van der Waals surface area contributed by atoms with Gasteiger partial charge in [0, 0.05) is 38.8 Å². The molecule has 7 heteroatoms. The number of benzene rings is 1. The first-order valence-corrected chi connectivity index (χ1v) is 9.37. The highest BCUT2D eigenvalue weighted by Gasteiger charge is 2.26. The molecule has 1 atom stereocenters. The minimum atomic E-state index is 0. The van der Waals surface area contributed by atoms with Crippen LogP contribution in [0.4, 0.5) is 0 Å². The topological polar surface area (TPSA) is 54.7 Å². The molecule has 1 aliphatic rings. The van der Waals surface area contributed by atoms with Gasteiger partial charge in [-0.15, -0.1) is 24.0 Å². The van der Waals surface area contributed by atoms with Crippen molar-refractivity contribution in [1.82, 2.24) is 20.0 Å². The maximum atomic E-state index is 5.86. The molecule has 1 unspecified atom stereocenters. The van der Waals surface area contributed by atoms with E-state index in [1.165, 1.54) is 5.56 Å². The molecule has 1 N–H and O–H groups in total. The van der Waals surface area contributed by atoms with Crippen LogP contribution in [-0.2, 0) is 7.05 Å². The van der Waals surface area contributed by atoms with Gasteiger partial charge in [-0.3, -0.25) is 4.68 Å². The Labute approximate surface area is 179 Å². The third kappa shape index (κ3) is 5.85. The number of para-hydroxylation sites is 1. The van der Waals surface area contributed by atoms with Gasteiger partial charge in [0.05, 0.1) is 12.7 Å². The number of nitrogens with one attached hydrogen (secondary N) is 1. The molecule has 148 valence electrons. The molecule has 1 aliphatic heterocycles. The number of hydrogen-bond acceptors (Lipinski definition) is 3. The Morgan fingerprint density at radius 1 is 1.37 bits per heavy atom. The van der Waals surface area contributed by atoms with E-state index in [4.69, 9.17) is 9.73 Å². The van der Waals surface area contributed by atoms with Gasteiger partial charge in [0.2, 0.25) is 0 Å². The van der Waals surface area contributed by atoms with E-state index in [-0.39, 0.29) is 24.0 Å². The summed E-state index contributed by atoms with van der Waals surface area (Å²) in [4.78, 5) is 7.10. The maximum absolute atomic E-state index is 5.86. The fourth-order valence-corrected chi connectivity index (χ4v) is 3.33. The van der Waals surface area contributed by atoms with Gasteiger partial charge in [-0.1, -0.05) is 18.2 Å². The second-order valence-corrected chi connectivity index (χ2v) is 6.73. The highest BCUT2D eigenvalue weighted by molar-refractivity contribution is 14.0. The summed E-state index contributed by atoms with van der Waals surface area (Å²) in [6, 6.07) is 8.09. The molecule has 1 fully saturated rings. The van der Waals surface area contributed by atoms with Crippen molar-refractivity contribution in [2.75, 3.05) is 32.8 Å². The third-order valence-corrected chi connectivity index (χ3v) is 4.72. The molecule has 1 aromatic heterocycles. The van der Waals surface area contributed by atoms with Crippen LogP contribution in [0.15, 0.2) is 41.7 Å². The number of ether oxygens (including phenoxy) is 1. The fourth-order valence-electron chi connectivity index (χ4n) is 3.33. The van der Waals surface area contributed by atoms with Crippen molar-refractivity contribution in [3.63, 3.8) is 0 Å². The van der Waals surface area contributed by atoms with E-state index < -0.39 is 0 Å². The van der Waals surface area contributed by atoms with E-state index in [0.717, 1.165) is 43.3 Å². The van der Waals surface area contributed by atoms with Crippen molar-refractivity contribution < 1.29 is 4.74 Å². The first-order chi connectivity index (χ1) is 12.7. The minimum absolute atomic E-state index is 0. The van der Waals surface area contributed by atoms with Crippen LogP contribution in [-0.4, -0.2) is 53.4 Å². The van der Waals surface area contributed by atoms with E-state index in [1.807, 2.05) is 36.1 Å². The van der Waals surface area contributed by atoms with Gasteiger partial charge < -0.3 is 15.0 Å². The predicted molar refractivity (Wildman–Crippen MR) is 120 cm³/mol. The maximum Gasteiger partial charge on any atom is 0.194 e. The molecule has 0 saturated carbocycles. The Morgan fingerprint density at radius 3 is 2.89 bits per heavy atom. The molecular weight excluding hydrogens is 453 g/mol. The van der Waals surface area contributed by atoms with Crippen LogP contribution in [0.1, 0.15) is 30.4 Å². The van der Waals surface area contributed by atoms with E-state index >= 15 is 0 Å². The first kappa shape index (κ1) is 21.5. The summed E-state index contributed by atoms with van der Waals surface area (Å²) in [6.07, 6.45) is 5.23. The number of guanidine groups is 1. The normalized spacial score (nSPS) is 16.9. The van der Waals surface area contributed by atoms with Crippen molar-refractivity contribution in [2.24, 2.45) is 12.0 Å². The third-order valence-electron chi connectivity index (χ3n) is 4.72. The van der Waals surface area contributed by atoms with Crippen LogP contribution in [0.25, 0.3) is 0 Å². The Balaban J connectivity index is 0.00000261. The van der Waals surface area contributed by atoms with Crippen molar-refractivity contribution in [2.45, 2.75) is 26.2 Å². The molecule has 2 heterocycles. The average Bonchev–Trinajstić information content (AvgIpc) is 3.28. The second-order valence-electron chi connectivity index (χ2n) is 6.73. The summed E-state index contributed by atoms with van der Waals surface area (Å²) in [7, 11) is 1.97. The van der Waals surface area contributed by atoms with Gasteiger partial charge in [0.15, 0.2) is 5.96 Å². The van der Waals surface area contributed by atoms with Gasteiger partial charge in [0.1, 0.15) is 12.4 Å². The van der Waals surface area contributed by atoms with Gasteiger partial charge in [0.25, 0.3) is 0 Å². The lowest BCUT2D eigenvalue weighted by Gasteiger charge is -2.21. The summed E-state index contributed by atoms with van der Waals surface area (Å²) in [5.41, 5.74) is 2.47. The van der Waals surface area contributed by atoms with E-state index in [9.17, 15) is 0 Å². The lowest BCUT2D eigenvalue weighted by molar-refractivity contribution is 0.325. The molecule has 0 bridgehead atoms. The van der Waals surface area contributed by atoms with Crippen LogP contribution in [0, 0.1) is 6.92 Å². The molecular formula is C20H30IN5O. The van der Waals surface area contributed by atoms with E-state index in [1.54, 1.807) is 0 Å². The zero-order valence-corrected chi connectivity index (χ0v) is 18.7. The summed E-state index contributed by atoms with van der Waals surface area (Å²) >= 11 is 0. The molecule has 2 aromatic rings. The van der Waals surface area contributed by atoms with Crippen LogP contribution < -0.4 is 10.1 Å². The summed E-state index contributed by atoms with van der Waals surface area (Å²) in [5.74, 6) is 2.44. The smallest absolute Gasteiger partial charge is 0.194 e. The molecule has 6 nitrogen and oxygen atoms in total. The monoisotopic (exact) mass is 483 g/mol. The Hall–Kier alpha value is -1.77. The van der Waals surface area contributed by atoms with E-state index in [2.05, 4.69) is 41.4 Å². The lowest BCUT2D eigenvalue weighted by Crippen LogP contribution is -2.40. The van der Waals surface area contributed by atoms with Crippen molar-refractivity contribution in [3.8, 4) is 5.75 Å². The highest BCUT2D eigenvalue weighted by atomic mass is 127. The molecule has 1 saturated heterocycles. The Bertz CT molecular complexity index is 745. The molecule has 1 aromatic carbocycles. The van der Waals surface area contributed by atoms with Crippen molar-refractivity contribution in [1.29, 1.82) is 0 Å². The van der Waals surface area contributed by atoms with Gasteiger partial charge >= 0.3 is 0 Å². The standard InChI is InChI=1S/C20H29N5O.HI/c1-4-21-20(22-10-12-26-19-8-6-5-7-16(19)2)25-11-9-17(15-25)18-13-23-24(3)14-18;/h5-8,13-14,17H,4,9-12,15H2,1-3H3,(H,21,22);1H. The Morgan fingerprint density at radius 2 is 2.19 bits per heavy atom. The highest BCUT2D eigenvalue weighted by Crippen LogP contribution is 2.26. The zero-order valence-electron chi connectivity index (χ0n) is 16.4. The fraction of sp³-hybridized carbons (Fsp3) is 0.500. The number of rotatable bonds is 6. The van der Waals surface area contributed by atoms with Crippen LogP contribution in [0.3, 0.4) is 0 Å². The molecule has 0 spiro atoms. The van der Waals surface area contributed by atoms with Crippen molar-refractivity contribution in [3.05, 3.63) is 47.8 Å². The van der Waals surface area contributed by atoms with Crippen molar-refractivity contribution >= 4 is 29.9 Å². The molecule has 3 rings (SSSR count). The number of aliphatic imine (C=N–C) groups is 1. The predicted octanol–water partition coefficient (Wildman–Crippen LogP) is 3.18. The molecule has 27 heavy (non-hydrogen) atoms. The SMILES string of the molecule is CCNC(=NCCOc1ccccc1C)N1CCC(c2cnn(C)c2)C1.I. The summed E-state index contributed by atoms with van der Waals surface area (Å²) in [6.45, 7) is 8.26. The van der Waals surface area contributed by atoms with E-state index in [0.29, 0.717) is 19.1 Å². The number of aromatic nitrogens is 2. The number of aryl methyl sites for hydroxylation is 2. The zero-order chi connectivity index (χ0) is 18.4. The van der Waals surface area contributed by atoms with Gasteiger partial charge in [-0.05, 0) is 37.5 Å². The Kier molecular flexibility index (Phi) is 8.40.